The Bertz CT molecular complexity index is 866. The van der Waals surface area contributed by atoms with Gasteiger partial charge >= 0.3 is 0 Å². The van der Waals surface area contributed by atoms with Crippen molar-refractivity contribution in [1.29, 1.82) is 0 Å². The molecular weight excluding hydrogens is 340 g/mol. The second-order valence-electron chi connectivity index (χ2n) is 4.56. The highest BCUT2D eigenvalue weighted by molar-refractivity contribution is 7.90. The molecule has 0 aromatic heterocycles. The standard InChI is InChI=1S/C14H10F4O4S/c1-22-11-3-2-7(4-10(11)19)6-23(20,21)14-9(16)5-8(15)12(17)13(14)18/h2-5,19H,6H2,1H3. The van der Waals surface area contributed by atoms with Gasteiger partial charge in [-0.1, -0.05) is 6.07 Å². The maximum Gasteiger partial charge on any atom is 0.195 e. The Morgan fingerprint density at radius 3 is 2.26 bits per heavy atom. The van der Waals surface area contributed by atoms with Gasteiger partial charge in [0.05, 0.1) is 12.9 Å². The second kappa shape index (κ2) is 6.07. The van der Waals surface area contributed by atoms with Crippen molar-refractivity contribution in [2.45, 2.75) is 10.6 Å². The molecule has 23 heavy (non-hydrogen) atoms. The van der Waals surface area contributed by atoms with Crippen LogP contribution >= 0.6 is 0 Å². The van der Waals surface area contributed by atoms with Crippen LogP contribution < -0.4 is 4.74 Å². The van der Waals surface area contributed by atoms with Crippen LogP contribution in [0, 0.1) is 23.3 Å². The summed E-state index contributed by atoms with van der Waals surface area (Å²) in [6.45, 7) is 0. The molecule has 4 nitrogen and oxygen atoms in total. The lowest BCUT2D eigenvalue weighted by Gasteiger charge is -2.10. The normalized spacial score (nSPS) is 11.5. The Labute approximate surface area is 128 Å². The molecule has 0 unspecified atom stereocenters. The summed E-state index contributed by atoms with van der Waals surface area (Å²) >= 11 is 0. The Morgan fingerprint density at radius 1 is 1.04 bits per heavy atom. The first-order chi connectivity index (χ1) is 10.7. The highest BCUT2D eigenvalue weighted by Crippen LogP contribution is 2.30. The highest BCUT2D eigenvalue weighted by Gasteiger charge is 2.29. The third-order valence-corrected chi connectivity index (χ3v) is 4.69. The molecule has 0 bridgehead atoms. The van der Waals surface area contributed by atoms with Crippen molar-refractivity contribution in [2.75, 3.05) is 7.11 Å². The smallest absolute Gasteiger partial charge is 0.195 e. The van der Waals surface area contributed by atoms with Gasteiger partial charge in [0, 0.05) is 6.07 Å². The Kier molecular flexibility index (Phi) is 4.51. The molecule has 2 rings (SSSR count). The first-order valence-corrected chi connectivity index (χ1v) is 7.74. The summed E-state index contributed by atoms with van der Waals surface area (Å²) in [6, 6.07) is 3.47. The zero-order valence-corrected chi connectivity index (χ0v) is 12.4. The molecule has 0 saturated heterocycles. The fraction of sp³-hybridized carbons (Fsp3) is 0.143. The fourth-order valence-electron chi connectivity index (χ4n) is 1.95. The predicted molar refractivity (Wildman–Crippen MR) is 71.8 cm³/mol. The molecule has 0 radical (unpaired) electrons. The number of halogens is 4. The molecule has 2 aromatic carbocycles. The predicted octanol–water partition coefficient (Wildman–Crippen LogP) is 2.93. The van der Waals surface area contributed by atoms with E-state index in [2.05, 4.69) is 0 Å². The molecular formula is C14H10F4O4S. The molecule has 0 amide bonds. The molecule has 1 N–H and O–H groups in total. The highest BCUT2D eigenvalue weighted by atomic mass is 32.2. The van der Waals surface area contributed by atoms with E-state index in [4.69, 9.17) is 4.74 Å². The summed E-state index contributed by atoms with van der Waals surface area (Å²) in [6.07, 6.45) is 0. The van der Waals surface area contributed by atoms with Crippen LogP contribution in [0.4, 0.5) is 17.6 Å². The van der Waals surface area contributed by atoms with Crippen molar-refractivity contribution in [1.82, 2.24) is 0 Å². The number of phenolic OH excluding ortho intramolecular Hbond substituents is 1. The van der Waals surface area contributed by atoms with Crippen LogP contribution in [0.1, 0.15) is 5.56 Å². The number of sulfone groups is 1. The van der Waals surface area contributed by atoms with E-state index in [-0.39, 0.29) is 23.1 Å². The summed E-state index contributed by atoms with van der Waals surface area (Å²) in [4.78, 5) is -1.56. The summed E-state index contributed by atoms with van der Waals surface area (Å²) in [5.74, 6) is -9.02. The number of phenols is 1. The SMILES string of the molecule is COc1ccc(CS(=O)(=O)c2c(F)cc(F)c(F)c2F)cc1O. The molecule has 0 atom stereocenters. The van der Waals surface area contributed by atoms with Crippen LogP contribution in [0.2, 0.25) is 0 Å². The number of methoxy groups -OCH3 is 1. The van der Waals surface area contributed by atoms with Gasteiger partial charge in [0.15, 0.2) is 38.8 Å². The Balaban J connectivity index is 2.48. The second-order valence-corrected chi connectivity index (χ2v) is 6.49. The lowest BCUT2D eigenvalue weighted by molar-refractivity contribution is 0.373. The summed E-state index contributed by atoms with van der Waals surface area (Å²) in [7, 11) is -3.38. The third-order valence-electron chi connectivity index (χ3n) is 2.98. The van der Waals surface area contributed by atoms with Gasteiger partial charge in [0.25, 0.3) is 0 Å². The average Bonchev–Trinajstić information content (AvgIpc) is 2.44. The number of aromatic hydroxyl groups is 1. The van der Waals surface area contributed by atoms with Gasteiger partial charge in [0.1, 0.15) is 10.7 Å². The number of rotatable bonds is 4. The molecule has 0 aliphatic heterocycles. The fourth-order valence-corrected chi connectivity index (χ4v) is 3.43. The number of ether oxygens (including phenoxy) is 1. The number of hydrogen-bond donors (Lipinski definition) is 1. The molecule has 124 valence electrons. The summed E-state index contributed by atoms with van der Waals surface area (Å²) in [5.41, 5.74) is -0.0215. The lowest BCUT2D eigenvalue weighted by Crippen LogP contribution is -2.12. The minimum absolute atomic E-state index is 0.0215. The van der Waals surface area contributed by atoms with Gasteiger partial charge in [-0.15, -0.1) is 0 Å². The van der Waals surface area contributed by atoms with Crippen LogP contribution in [0.3, 0.4) is 0 Å². The largest absolute Gasteiger partial charge is 0.504 e. The van der Waals surface area contributed by atoms with Gasteiger partial charge in [-0.3, -0.25) is 0 Å². The monoisotopic (exact) mass is 350 g/mol. The van der Waals surface area contributed by atoms with E-state index in [9.17, 15) is 31.1 Å². The first-order valence-electron chi connectivity index (χ1n) is 6.09. The van der Waals surface area contributed by atoms with Crippen molar-refractivity contribution in [3.05, 3.63) is 53.1 Å². The van der Waals surface area contributed by atoms with Crippen LogP contribution in [0.25, 0.3) is 0 Å². The minimum Gasteiger partial charge on any atom is -0.504 e. The van der Waals surface area contributed by atoms with Gasteiger partial charge in [-0.05, 0) is 17.7 Å². The lowest BCUT2D eigenvalue weighted by atomic mass is 10.2. The van der Waals surface area contributed by atoms with E-state index >= 15 is 0 Å². The molecule has 0 aliphatic rings. The van der Waals surface area contributed by atoms with Gasteiger partial charge in [-0.2, -0.15) is 0 Å². The van der Waals surface area contributed by atoms with Gasteiger partial charge in [0.2, 0.25) is 0 Å². The van der Waals surface area contributed by atoms with Gasteiger partial charge < -0.3 is 9.84 Å². The van der Waals surface area contributed by atoms with E-state index in [1.807, 2.05) is 0 Å². The topological polar surface area (TPSA) is 63.6 Å². The van der Waals surface area contributed by atoms with Crippen LogP contribution in [-0.2, 0) is 15.6 Å². The zero-order valence-electron chi connectivity index (χ0n) is 11.6. The molecule has 0 saturated carbocycles. The summed E-state index contributed by atoms with van der Waals surface area (Å²) < 4.78 is 82.2. The van der Waals surface area contributed by atoms with Crippen molar-refractivity contribution in [3.63, 3.8) is 0 Å². The zero-order chi connectivity index (χ0) is 17.4. The molecule has 0 fully saturated rings. The van der Waals surface area contributed by atoms with E-state index in [0.29, 0.717) is 0 Å². The quantitative estimate of drug-likeness (QED) is 0.399. The maximum absolute atomic E-state index is 13.6. The van der Waals surface area contributed by atoms with E-state index < -0.39 is 43.8 Å². The molecule has 9 heteroatoms. The molecule has 0 heterocycles. The molecule has 2 aromatic rings. The van der Waals surface area contributed by atoms with E-state index in [1.54, 1.807) is 0 Å². The van der Waals surface area contributed by atoms with Crippen molar-refractivity contribution >= 4 is 9.84 Å². The van der Waals surface area contributed by atoms with Gasteiger partial charge in [-0.25, -0.2) is 26.0 Å². The average molecular weight is 350 g/mol. The van der Waals surface area contributed by atoms with Crippen molar-refractivity contribution in [3.8, 4) is 11.5 Å². The Hall–Kier alpha value is -2.29. The third kappa shape index (κ3) is 3.24. The molecule has 0 aliphatic carbocycles. The maximum atomic E-state index is 13.6. The number of benzene rings is 2. The van der Waals surface area contributed by atoms with E-state index in [0.717, 1.165) is 6.07 Å². The van der Waals surface area contributed by atoms with Crippen LogP contribution in [-0.4, -0.2) is 20.6 Å². The van der Waals surface area contributed by atoms with Crippen LogP contribution in [0.15, 0.2) is 29.2 Å². The summed E-state index contributed by atoms with van der Waals surface area (Å²) in [5, 5.41) is 9.57. The van der Waals surface area contributed by atoms with E-state index in [1.165, 1.54) is 19.2 Å². The van der Waals surface area contributed by atoms with Crippen molar-refractivity contribution < 1.29 is 35.8 Å². The van der Waals surface area contributed by atoms with Crippen molar-refractivity contribution in [2.24, 2.45) is 0 Å². The van der Waals surface area contributed by atoms with Crippen LogP contribution in [0.5, 0.6) is 11.5 Å². The molecule has 0 spiro atoms. The first kappa shape index (κ1) is 17.1. The minimum atomic E-state index is -4.66. The number of hydrogen-bond acceptors (Lipinski definition) is 4. The Morgan fingerprint density at radius 2 is 1.70 bits per heavy atom.